The fraction of sp³-hybridized carbons (Fsp3) is 0.760. The molecule has 4 atom stereocenters. The summed E-state index contributed by atoms with van der Waals surface area (Å²) in [6, 6.07) is 1.53. The Labute approximate surface area is 235 Å². The Bertz CT molecular complexity index is 1030. The van der Waals surface area contributed by atoms with Gasteiger partial charge in [-0.3, -0.25) is 14.2 Å². The van der Waals surface area contributed by atoms with Gasteiger partial charge in [-0.25, -0.2) is 4.79 Å². The lowest BCUT2D eigenvalue weighted by atomic mass is 10.1. The average Bonchev–Trinajstić information content (AvgIpc) is 3.08. The van der Waals surface area contributed by atoms with Crippen molar-refractivity contribution in [1.82, 2.24) is 9.55 Å². The summed E-state index contributed by atoms with van der Waals surface area (Å²) < 4.78 is 32.2. The molecular formula is C25H47N3O8Si3. The van der Waals surface area contributed by atoms with Gasteiger partial charge in [-0.05, 0) is 71.4 Å². The average molecular weight is 602 g/mol. The summed E-state index contributed by atoms with van der Waals surface area (Å²) in [7, 11) is -5.96. The molecular weight excluding hydrogens is 555 g/mol. The second-order valence-electron chi connectivity index (χ2n) is 12.6. The molecule has 39 heavy (non-hydrogen) atoms. The number of nitrogens with zero attached hydrogens (tertiary/aromatic N) is 2. The summed E-state index contributed by atoms with van der Waals surface area (Å²) in [6.45, 7) is 21.5. The van der Waals surface area contributed by atoms with Gasteiger partial charge in [-0.15, -0.1) is 0 Å². The SMILES string of the molecule is CCCOC(=O)CCC(=O)Nc1ccn([C@@H]2O[C@H](CO[Si](C)(C)C)[C@@H](O[Si](C)(C)C)[C@@H]2O[Si](C)(C)C)c(=O)n1. The summed E-state index contributed by atoms with van der Waals surface area (Å²) in [5.74, 6) is -0.778. The van der Waals surface area contributed by atoms with Gasteiger partial charge in [0.1, 0.15) is 24.1 Å². The molecule has 1 aliphatic heterocycles. The van der Waals surface area contributed by atoms with E-state index in [0.717, 1.165) is 0 Å². The van der Waals surface area contributed by atoms with E-state index in [0.29, 0.717) is 19.6 Å². The van der Waals surface area contributed by atoms with E-state index in [-0.39, 0.29) is 18.7 Å². The molecule has 1 amide bonds. The second-order valence-corrected chi connectivity index (χ2v) is 26.1. The van der Waals surface area contributed by atoms with Crippen LogP contribution in [-0.4, -0.2) is 77.9 Å². The first-order valence-electron chi connectivity index (χ1n) is 13.6. The first kappa shape index (κ1) is 33.5. The van der Waals surface area contributed by atoms with Gasteiger partial charge in [-0.1, -0.05) is 6.92 Å². The Morgan fingerprint density at radius 2 is 1.59 bits per heavy atom. The topological polar surface area (TPSA) is 127 Å². The lowest BCUT2D eigenvalue weighted by Crippen LogP contribution is -2.49. The summed E-state index contributed by atoms with van der Waals surface area (Å²) in [6.07, 6.45) is -0.00720. The van der Waals surface area contributed by atoms with E-state index in [1.54, 1.807) is 6.20 Å². The molecule has 1 N–H and O–H groups in total. The number of hydrogen-bond acceptors (Lipinski definition) is 9. The molecule has 0 aromatic carbocycles. The number of hydrogen-bond donors (Lipinski definition) is 1. The maximum atomic E-state index is 13.2. The van der Waals surface area contributed by atoms with E-state index in [4.69, 9.17) is 22.8 Å². The number of rotatable bonds is 14. The normalized spacial score (nSPS) is 22.1. The molecule has 1 aromatic heterocycles. The number of amides is 1. The lowest BCUT2D eigenvalue weighted by Gasteiger charge is -2.34. The van der Waals surface area contributed by atoms with E-state index in [1.807, 2.05) is 6.92 Å². The van der Waals surface area contributed by atoms with Gasteiger partial charge < -0.3 is 28.1 Å². The summed E-state index contributed by atoms with van der Waals surface area (Å²) in [5, 5.41) is 2.58. The van der Waals surface area contributed by atoms with Crippen LogP contribution in [0.25, 0.3) is 0 Å². The minimum Gasteiger partial charge on any atom is -0.466 e. The first-order valence-corrected chi connectivity index (χ1v) is 23.8. The Morgan fingerprint density at radius 3 is 2.13 bits per heavy atom. The number of ether oxygens (including phenoxy) is 2. The summed E-state index contributed by atoms with van der Waals surface area (Å²) in [4.78, 5) is 41.2. The van der Waals surface area contributed by atoms with Crippen LogP contribution in [0, 0.1) is 0 Å². The second kappa shape index (κ2) is 13.8. The van der Waals surface area contributed by atoms with Crippen LogP contribution in [0.2, 0.25) is 58.9 Å². The molecule has 222 valence electrons. The van der Waals surface area contributed by atoms with Crippen molar-refractivity contribution in [3.8, 4) is 0 Å². The molecule has 1 fully saturated rings. The molecule has 14 heteroatoms. The number of anilines is 1. The highest BCUT2D eigenvalue weighted by molar-refractivity contribution is 6.70. The van der Waals surface area contributed by atoms with Crippen LogP contribution in [0.5, 0.6) is 0 Å². The van der Waals surface area contributed by atoms with Crippen LogP contribution in [0.4, 0.5) is 5.82 Å². The quantitative estimate of drug-likeness (QED) is 0.248. The Kier molecular flexibility index (Phi) is 11.8. The van der Waals surface area contributed by atoms with Crippen molar-refractivity contribution in [2.75, 3.05) is 18.5 Å². The van der Waals surface area contributed by atoms with Crippen molar-refractivity contribution in [3.63, 3.8) is 0 Å². The predicted octanol–water partition coefficient (Wildman–Crippen LogP) is 4.10. The highest BCUT2D eigenvalue weighted by Crippen LogP contribution is 2.36. The molecule has 0 bridgehead atoms. The van der Waals surface area contributed by atoms with E-state index in [9.17, 15) is 14.4 Å². The van der Waals surface area contributed by atoms with Crippen LogP contribution >= 0.6 is 0 Å². The molecule has 0 spiro atoms. The Hall–Kier alpha value is -1.69. The highest BCUT2D eigenvalue weighted by Gasteiger charge is 2.50. The first-order chi connectivity index (χ1) is 17.9. The van der Waals surface area contributed by atoms with Gasteiger partial charge in [0.05, 0.1) is 19.6 Å². The largest absolute Gasteiger partial charge is 0.466 e. The fourth-order valence-corrected chi connectivity index (χ4v) is 6.70. The van der Waals surface area contributed by atoms with Crippen molar-refractivity contribution in [2.45, 2.75) is 110 Å². The van der Waals surface area contributed by atoms with Crippen LogP contribution in [-0.2, 0) is 32.3 Å². The van der Waals surface area contributed by atoms with Crippen LogP contribution in [0.3, 0.4) is 0 Å². The third kappa shape index (κ3) is 11.8. The Balaban J connectivity index is 2.28. The van der Waals surface area contributed by atoms with Gasteiger partial charge in [0, 0.05) is 12.6 Å². The molecule has 2 heterocycles. The van der Waals surface area contributed by atoms with Gasteiger partial charge in [0.2, 0.25) is 5.91 Å². The molecule has 2 rings (SSSR count). The van der Waals surface area contributed by atoms with Gasteiger partial charge in [0.25, 0.3) is 0 Å². The number of carbonyl (C=O) groups is 2. The van der Waals surface area contributed by atoms with E-state index >= 15 is 0 Å². The summed E-state index contributed by atoms with van der Waals surface area (Å²) in [5.41, 5.74) is -0.595. The fourth-order valence-electron chi connectivity index (χ4n) is 3.87. The van der Waals surface area contributed by atoms with Gasteiger partial charge in [0.15, 0.2) is 31.2 Å². The summed E-state index contributed by atoms with van der Waals surface area (Å²) >= 11 is 0. The van der Waals surface area contributed by atoms with Crippen molar-refractivity contribution in [1.29, 1.82) is 0 Å². The predicted molar refractivity (Wildman–Crippen MR) is 157 cm³/mol. The lowest BCUT2D eigenvalue weighted by molar-refractivity contribution is -0.144. The monoisotopic (exact) mass is 601 g/mol. The minimum absolute atomic E-state index is 0.0477. The third-order valence-electron chi connectivity index (χ3n) is 5.34. The van der Waals surface area contributed by atoms with Crippen molar-refractivity contribution in [3.05, 3.63) is 22.7 Å². The molecule has 0 saturated carbocycles. The molecule has 1 saturated heterocycles. The van der Waals surface area contributed by atoms with E-state index < -0.39 is 67.1 Å². The molecule has 0 radical (unpaired) electrons. The van der Waals surface area contributed by atoms with Crippen LogP contribution < -0.4 is 11.0 Å². The zero-order valence-electron chi connectivity index (χ0n) is 25.2. The molecule has 11 nitrogen and oxygen atoms in total. The van der Waals surface area contributed by atoms with Crippen LogP contribution in [0.15, 0.2) is 17.1 Å². The zero-order chi connectivity index (χ0) is 29.6. The van der Waals surface area contributed by atoms with E-state index in [1.165, 1.54) is 10.6 Å². The van der Waals surface area contributed by atoms with Crippen LogP contribution in [0.1, 0.15) is 32.4 Å². The maximum Gasteiger partial charge on any atom is 0.351 e. The molecule has 0 aliphatic carbocycles. The zero-order valence-corrected chi connectivity index (χ0v) is 28.2. The van der Waals surface area contributed by atoms with Crippen molar-refractivity contribution in [2.24, 2.45) is 0 Å². The third-order valence-corrected chi connectivity index (χ3v) is 8.33. The standard InChI is InChI=1S/C25H47N3O8Si3/c1-11-16-32-21(30)13-12-20(29)26-19-14-15-28(25(31)27-19)24-23(36-39(8,9)10)22(35-38(5,6)7)18(34-24)17-33-37(2,3)4/h14-15,18,22-24H,11-13,16-17H2,1-10H3,(H,26,27,29,31)/t18-,22-,23+,24-/m1/s1. The van der Waals surface area contributed by atoms with E-state index in [2.05, 4.69) is 69.2 Å². The highest BCUT2D eigenvalue weighted by atomic mass is 28.4. The number of aromatic nitrogens is 2. The molecule has 1 aromatic rings. The number of esters is 1. The van der Waals surface area contributed by atoms with Gasteiger partial charge in [-0.2, -0.15) is 4.98 Å². The number of carbonyl (C=O) groups excluding carboxylic acids is 2. The van der Waals surface area contributed by atoms with Gasteiger partial charge >= 0.3 is 11.7 Å². The molecule has 0 unspecified atom stereocenters. The minimum atomic E-state index is -2.09. The van der Waals surface area contributed by atoms with Crippen molar-refractivity contribution < 1.29 is 32.3 Å². The maximum absolute atomic E-state index is 13.2. The van der Waals surface area contributed by atoms with Crippen molar-refractivity contribution >= 4 is 42.6 Å². The number of nitrogens with one attached hydrogen (secondary N) is 1. The molecule has 1 aliphatic rings. The smallest absolute Gasteiger partial charge is 0.351 e. The Morgan fingerprint density at radius 1 is 0.974 bits per heavy atom.